The zero-order valence-electron chi connectivity index (χ0n) is 19.4. The molecule has 4 rings (SSSR count). The van der Waals surface area contributed by atoms with Gasteiger partial charge in [0.15, 0.2) is 6.10 Å². The van der Waals surface area contributed by atoms with Gasteiger partial charge in [0.25, 0.3) is 5.91 Å². The monoisotopic (exact) mass is 471 g/mol. The number of amides is 2. The third-order valence-corrected chi connectivity index (χ3v) is 8.39. The lowest BCUT2D eigenvalue weighted by atomic mass is 10.1. The third-order valence-electron chi connectivity index (χ3n) is 6.18. The number of carbonyl (C=O) groups is 2. The second kappa shape index (κ2) is 8.79. The number of ether oxygens (including phenoxy) is 1. The van der Waals surface area contributed by atoms with Gasteiger partial charge in [-0.2, -0.15) is 4.31 Å². The molecule has 1 fully saturated rings. The number of sulfonamides is 1. The van der Waals surface area contributed by atoms with Gasteiger partial charge < -0.3 is 14.5 Å². The van der Waals surface area contributed by atoms with Crippen molar-refractivity contribution in [1.82, 2.24) is 9.21 Å². The van der Waals surface area contributed by atoms with Crippen molar-refractivity contribution in [2.45, 2.75) is 38.7 Å². The molecule has 2 aromatic carbocycles. The van der Waals surface area contributed by atoms with Crippen molar-refractivity contribution in [3.05, 3.63) is 53.1 Å². The first-order valence-electron chi connectivity index (χ1n) is 11.0. The van der Waals surface area contributed by atoms with E-state index in [0.29, 0.717) is 16.3 Å². The molecule has 2 aromatic rings. The minimum Gasteiger partial charge on any atom is -0.476 e. The lowest BCUT2D eigenvalue weighted by Crippen LogP contribution is -2.56. The van der Waals surface area contributed by atoms with Crippen molar-refractivity contribution in [2.24, 2.45) is 0 Å². The summed E-state index contributed by atoms with van der Waals surface area (Å²) in [6.07, 6.45) is -0.825. The Balaban J connectivity index is 1.47. The fraction of sp³-hybridized carbons (Fsp3) is 0.417. The van der Waals surface area contributed by atoms with Gasteiger partial charge in [0.2, 0.25) is 15.9 Å². The zero-order chi connectivity index (χ0) is 23.9. The van der Waals surface area contributed by atoms with Gasteiger partial charge in [-0.05, 0) is 44.0 Å². The van der Waals surface area contributed by atoms with E-state index in [1.165, 1.54) is 11.2 Å². The molecule has 0 N–H and O–H groups in total. The van der Waals surface area contributed by atoms with E-state index in [1.54, 1.807) is 28.0 Å². The van der Waals surface area contributed by atoms with E-state index in [1.807, 2.05) is 39.0 Å². The van der Waals surface area contributed by atoms with Crippen LogP contribution in [-0.4, -0.2) is 68.3 Å². The van der Waals surface area contributed by atoms with Crippen LogP contribution in [0.15, 0.2) is 41.3 Å². The maximum atomic E-state index is 13.3. The minimum atomic E-state index is -3.66. The number of hydrogen-bond donors (Lipinski definition) is 0. The highest BCUT2D eigenvalue weighted by atomic mass is 32.2. The maximum absolute atomic E-state index is 13.3. The summed E-state index contributed by atoms with van der Waals surface area (Å²) < 4.78 is 34.0. The van der Waals surface area contributed by atoms with Gasteiger partial charge in [-0.25, -0.2) is 8.42 Å². The molecule has 0 saturated carbocycles. The van der Waals surface area contributed by atoms with E-state index in [2.05, 4.69) is 0 Å². The Labute approximate surface area is 194 Å². The lowest BCUT2D eigenvalue weighted by Gasteiger charge is -2.39. The van der Waals surface area contributed by atoms with E-state index in [-0.39, 0.29) is 44.5 Å². The SMILES string of the molecule is CC(=O)N1CC(C(=O)N2CCN(S(=O)(=O)c3c(C)cc(C)cc3C)CC2)Oc2ccccc21. The number of hydrogen-bond acceptors (Lipinski definition) is 5. The molecule has 0 aliphatic carbocycles. The van der Waals surface area contributed by atoms with Crippen molar-refractivity contribution in [1.29, 1.82) is 0 Å². The predicted octanol–water partition coefficient (Wildman–Crippen LogP) is 2.26. The molecule has 2 heterocycles. The van der Waals surface area contributed by atoms with Crippen LogP contribution < -0.4 is 9.64 Å². The largest absolute Gasteiger partial charge is 0.476 e. The average molecular weight is 472 g/mol. The molecule has 0 radical (unpaired) electrons. The molecule has 1 atom stereocenters. The van der Waals surface area contributed by atoms with Crippen LogP contribution in [0, 0.1) is 20.8 Å². The third kappa shape index (κ3) is 4.35. The second-order valence-corrected chi connectivity index (χ2v) is 10.5. The highest BCUT2D eigenvalue weighted by molar-refractivity contribution is 7.89. The molecule has 2 aliphatic rings. The van der Waals surface area contributed by atoms with Crippen molar-refractivity contribution < 1.29 is 22.7 Å². The predicted molar refractivity (Wildman–Crippen MR) is 125 cm³/mol. The molecule has 176 valence electrons. The molecule has 0 bridgehead atoms. The van der Waals surface area contributed by atoms with Crippen molar-refractivity contribution in [3.63, 3.8) is 0 Å². The van der Waals surface area contributed by atoms with E-state index < -0.39 is 16.1 Å². The summed E-state index contributed by atoms with van der Waals surface area (Å²) in [4.78, 5) is 28.9. The van der Waals surface area contributed by atoms with Crippen molar-refractivity contribution in [2.75, 3.05) is 37.6 Å². The Morgan fingerprint density at radius 3 is 2.18 bits per heavy atom. The van der Waals surface area contributed by atoms with Gasteiger partial charge in [-0.3, -0.25) is 9.59 Å². The smallest absolute Gasteiger partial charge is 0.265 e. The Kier molecular flexibility index (Phi) is 6.20. The van der Waals surface area contributed by atoms with Crippen LogP contribution in [0.5, 0.6) is 5.75 Å². The number of nitrogens with zero attached hydrogens (tertiary/aromatic N) is 3. The molecule has 33 heavy (non-hydrogen) atoms. The van der Waals surface area contributed by atoms with Gasteiger partial charge in [-0.1, -0.05) is 29.8 Å². The molecule has 1 saturated heterocycles. The molecular weight excluding hydrogens is 442 g/mol. The van der Waals surface area contributed by atoms with Crippen LogP contribution >= 0.6 is 0 Å². The van der Waals surface area contributed by atoms with E-state index in [4.69, 9.17) is 4.74 Å². The normalized spacial score (nSPS) is 19.1. The number of para-hydroxylation sites is 2. The summed E-state index contributed by atoms with van der Waals surface area (Å²) >= 11 is 0. The number of aryl methyl sites for hydroxylation is 3. The Hall–Kier alpha value is -2.91. The Bertz CT molecular complexity index is 1180. The molecular formula is C24H29N3O5S. The Morgan fingerprint density at radius 2 is 1.58 bits per heavy atom. The second-order valence-electron chi connectivity index (χ2n) is 8.66. The summed E-state index contributed by atoms with van der Waals surface area (Å²) in [5, 5.41) is 0. The average Bonchev–Trinajstić information content (AvgIpc) is 2.77. The lowest BCUT2D eigenvalue weighted by molar-refractivity contribution is -0.140. The van der Waals surface area contributed by atoms with Gasteiger partial charge in [0.1, 0.15) is 5.75 Å². The zero-order valence-corrected chi connectivity index (χ0v) is 20.2. The fourth-order valence-electron chi connectivity index (χ4n) is 4.72. The van der Waals surface area contributed by atoms with E-state index in [0.717, 1.165) is 16.7 Å². The summed E-state index contributed by atoms with van der Waals surface area (Å²) in [7, 11) is -3.66. The summed E-state index contributed by atoms with van der Waals surface area (Å²) in [5.74, 6) is 0.0858. The van der Waals surface area contributed by atoms with Crippen LogP contribution in [0.2, 0.25) is 0 Å². The van der Waals surface area contributed by atoms with E-state index in [9.17, 15) is 18.0 Å². The van der Waals surface area contributed by atoms with Gasteiger partial charge in [0.05, 0.1) is 17.1 Å². The van der Waals surface area contributed by atoms with Gasteiger partial charge in [-0.15, -0.1) is 0 Å². The van der Waals surface area contributed by atoms with Crippen LogP contribution in [-0.2, 0) is 19.6 Å². The standard InChI is InChI=1S/C24H29N3O5S/c1-16-13-17(2)23(18(3)14-16)33(30,31)26-11-9-25(10-12-26)24(29)22-15-27(19(4)28)20-7-5-6-8-21(20)32-22/h5-8,13-14,22H,9-12,15H2,1-4H3. The van der Waals surface area contributed by atoms with Crippen LogP contribution in [0.4, 0.5) is 5.69 Å². The first kappa shape index (κ1) is 23.3. The van der Waals surface area contributed by atoms with Crippen molar-refractivity contribution in [3.8, 4) is 5.75 Å². The number of anilines is 1. The molecule has 2 amide bonds. The Morgan fingerprint density at radius 1 is 0.970 bits per heavy atom. The summed E-state index contributed by atoms with van der Waals surface area (Å²) in [6, 6.07) is 10.9. The molecule has 1 unspecified atom stereocenters. The van der Waals surface area contributed by atoms with E-state index >= 15 is 0 Å². The van der Waals surface area contributed by atoms with Crippen molar-refractivity contribution >= 4 is 27.5 Å². The molecule has 2 aliphatic heterocycles. The number of benzene rings is 2. The first-order chi connectivity index (χ1) is 15.6. The number of piperazine rings is 1. The number of carbonyl (C=O) groups excluding carboxylic acids is 2. The number of rotatable bonds is 3. The molecule has 9 heteroatoms. The van der Waals surface area contributed by atoms with Gasteiger partial charge in [0, 0.05) is 33.1 Å². The highest BCUT2D eigenvalue weighted by Crippen LogP contribution is 2.34. The first-order valence-corrected chi connectivity index (χ1v) is 12.4. The van der Waals surface area contributed by atoms with Crippen LogP contribution in [0.3, 0.4) is 0 Å². The minimum absolute atomic E-state index is 0.130. The maximum Gasteiger partial charge on any atom is 0.265 e. The number of fused-ring (bicyclic) bond motifs is 1. The molecule has 8 nitrogen and oxygen atoms in total. The quantitative estimate of drug-likeness (QED) is 0.685. The van der Waals surface area contributed by atoms with Gasteiger partial charge >= 0.3 is 0 Å². The fourth-order valence-corrected chi connectivity index (χ4v) is 6.55. The summed E-state index contributed by atoms with van der Waals surface area (Å²) in [5.41, 5.74) is 3.12. The van der Waals surface area contributed by atoms with Crippen LogP contribution in [0.25, 0.3) is 0 Å². The molecule has 0 spiro atoms. The van der Waals surface area contributed by atoms with Crippen LogP contribution in [0.1, 0.15) is 23.6 Å². The summed E-state index contributed by atoms with van der Waals surface area (Å²) in [6.45, 7) is 8.11. The highest BCUT2D eigenvalue weighted by Gasteiger charge is 2.38. The topological polar surface area (TPSA) is 87.2 Å². The molecule has 0 aromatic heterocycles.